The summed E-state index contributed by atoms with van der Waals surface area (Å²) in [5, 5.41) is 1.48. The van der Waals surface area contributed by atoms with E-state index in [4.69, 9.17) is 11.6 Å². The SMILES string of the molecule is CC(Cl)c1nc2scc(-c3ccc(F)cc3F)c2c(=O)[nH]1. The van der Waals surface area contributed by atoms with E-state index in [0.717, 1.165) is 12.1 Å². The smallest absolute Gasteiger partial charge is 0.260 e. The molecule has 1 unspecified atom stereocenters. The lowest BCUT2D eigenvalue weighted by Crippen LogP contribution is -2.11. The number of nitrogens with one attached hydrogen (secondary N) is 1. The van der Waals surface area contributed by atoms with Gasteiger partial charge in [-0.05, 0) is 19.1 Å². The summed E-state index contributed by atoms with van der Waals surface area (Å²) in [7, 11) is 0. The van der Waals surface area contributed by atoms with Crippen LogP contribution in [0.1, 0.15) is 18.1 Å². The van der Waals surface area contributed by atoms with Gasteiger partial charge in [-0.15, -0.1) is 22.9 Å². The number of rotatable bonds is 2. The van der Waals surface area contributed by atoms with E-state index in [-0.39, 0.29) is 16.5 Å². The molecule has 1 N–H and O–H groups in total. The van der Waals surface area contributed by atoms with Crippen LogP contribution in [0.15, 0.2) is 28.4 Å². The minimum atomic E-state index is -0.719. The van der Waals surface area contributed by atoms with Crippen LogP contribution in [0, 0.1) is 11.6 Å². The molecule has 3 aromatic rings. The van der Waals surface area contributed by atoms with Crippen LogP contribution >= 0.6 is 22.9 Å². The zero-order valence-corrected chi connectivity index (χ0v) is 12.4. The Balaban J connectivity index is 2.28. The summed E-state index contributed by atoms with van der Waals surface area (Å²) in [6, 6.07) is 3.25. The van der Waals surface area contributed by atoms with Crippen molar-refractivity contribution >= 4 is 33.2 Å². The highest BCUT2D eigenvalue weighted by Gasteiger charge is 2.17. The topological polar surface area (TPSA) is 45.8 Å². The summed E-state index contributed by atoms with van der Waals surface area (Å²) in [6.07, 6.45) is 0. The molecule has 3 nitrogen and oxygen atoms in total. The van der Waals surface area contributed by atoms with E-state index >= 15 is 0 Å². The lowest BCUT2D eigenvalue weighted by atomic mass is 10.1. The Bertz CT molecular complexity index is 888. The van der Waals surface area contributed by atoms with Crippen molar-refractivity contribution in [1.29, 1.82) is 0 Å². The van der Waals surface area contributed by atoms with Gasteiger partial charge < -0.3 is 4.98 Å². The second-order valence-corrected chi connectivity index (χ2v) is 6.03. The number of hydrogen-bond acceptors (Lipinski definition) is 3. The molecule has 3 rings (SSSR count). The second kappa shape index (κ2) is 5.20. The first-order valence-electron chi connectivity index (χ1n) is 6.08. The Morgan fingerprint density at radius 3 is 2.76 bits per heavy atom. The van der Waals surface area contributed by atoms with Crippen LogP contribution in [0.5, 0.6) is 0 Å². The van der Waals surface area contributed by atoms with Crippen molar-refractivity contribution in [2.45, 2.75) is 12.3 Å². The van der Waals surface area contributed by atoms with E-state index in [9.17, 15) is 13.6 Å². The number of nitrogens with zero attached hydrogens (tertiary/aromatic N) is 1. The van der Waals surface area contributed by atoms with E-state index in [2.05, 4.69) is 9.97 Å². The second-order valence-electron chi connectivity index (χ2n) is 4.52. The Morgan fingerprint density at radius 1 is 1.33 bits per heavy atom. The molecule has 1 aromatic carbocycles. The summed E-state index contributed by atoms with van der Waals surface area (Å²) in [4.78, 5) is 19.5. The standard InChI is InChI=1S/C14H9ClF2N2OS/c1-6(15)12-18-13(20)11-9(5-21-14(11)19-12)8-3-2-7(16)4-10(8)17/h2-6H,1H3,(H,18,19,20). The number of H-pyrrole nitrogens is 1. The van der Waals surface area contributed by atoms with E-state index in [1.165, 1.54) is 17.4 Å². The molecular weight excluding hydrogens is 318 g/mol. The molecule has 21 heavy (non-hydrogen) atoms. The lowest BCUT2D eigenvalue weighted by Gasteiger charge is -2.04. The number of alkyl halides is 1. The van der Waals surface area contributed by atoms with Gasteiger partial charge in [0.25, 0.3) is 5.56 Å². The Kier molecular flexibility index (Phi) is 3.51. The van der Waals surface area contributed by atoms with Crippen LogP contribution in [0.25, 0.3) is 21.3 Å². The largest absolute Gasteiger partial charge is 0.309 e. The average Bonchev–Trinajstić information content (AvgIpc) is 2.83. The molecule has 7 heteroatoms. The van der Waals surface area contributed by atoms with Crippen molar-refractivity contribution in [3.63, 3.8) is 0 Å². The van der Waals surface area contributed by atoms with Crippen molar-refractivity contribution in [2.75, 3.05) is 0 Å². The number of aromatic nitrogens is 2. The molecule has 2 aromatic heterocycles. The number of thiophene rings is 1. The molecule has 0 fully saturated rings. The fourth-order valence-electron chi connectivity index (χ4n) is 2.06. The molecule has 1 atom stereocenters. The van der Waals surface area contributed by atoms with E-state index in [1.807, 2.05) is 0 Å². The van der Waals surface area contributed by atoms with Gasteiger partial charge >= 0.3 is 0 Å². The molecule has 0 saturated heterocycles. The van der Waals surface area contributed by atoms with Gasteiger partial charge in [0, 0.05) is 22.6 Å². The maximum absolute atomic E-state index is 13.9. The first kappa shape index (κ1) is 14.2. The fourth-order valence-corrected chi connectivity index (χ4v) is 3.11. The van der Waals surface area contributed by atoms with Gasteiger partial charge in [-0.2, -0.15) is 0 Å². The first-order chi connectivity index (χ1) is 9.97. The van der Waals surface area contributed by atoms with E-state index in [0.29, 0.717) is 16.2 Å². The third-order valence-corrected chi connectivity index (χ3v) is 4.14. The average molecular weight is 327 g/mol. The minimum Gasteiger partial charge on any atom is -0.309 e. The normalized spacial score (nSPS) is 12.8. The third-order valence-electron chi connectivity index (χ3n) is 3.06. The first-order valence-corrected chi connectivity index (χ1v) is 7.40. The predicted molar refractivity (Wildman–Crippen MR) is 79.9 cm³/mol. The van der Waals surface area contributed by atoms with Gasteiger partial charge in [-0.3, -0.25) is 4.79 Å². The van der Waals surface area contributed by atoms with E-state index in [1.54, 1.807) is 12.3 Å². The molecule has 108 valence electrons. The van der Waals surface area contributed by atoms with Gasteiger partial charge in [0.05, 0.1) is 10.8 Å². The third kappa shape index (κ3) is 2.45. The molecule has 0 aliphatic rings. The highest BCUT2D eigenvalue weighted by atomic mass is 35.5. The number of benzene rings is 1. The van der Waals surface area contributed by atoms with Crippen molar-refractivity contribution < 1.29 is 8.78 Å². The van der Waals surface area contributed by atoms with Crippen molar-refractivity contribution in [3.8, 4) is 11.1 Å². The molecule has 0 spiro atoms. The van der Waals surface area contributed by atoms with Crippen LogP contribution in [0.2, 0.25) is 0 Å². The summed E-state index contributed by atoms with van der Waals surface area (Å²) in [6.45, 7) is 1.69. The molecule has 2 heterocycles. The van der Waals surface area contributed by atoms with Crippen LogP contribution in [0.3, 0.4) is 0 Å². The fraction of sp³-hybridized carbons (Fsp3) is 0.143. The molecule has 0 amide bonds. The Morgan fingerprint density at radius 2 is 2.10 bits per heavy atom. The van der Waals surface area contributed by atoms with Crippen LogP contribution < -0.4 is 5.56 Å². The summed E-state index contributed by atoms with van der Waals surface area (Å²) in [5.41, 5.74) is 0.180. The van der Waals surface area contributed by atoms with Crippen LogP contribution in [0.4, 0.5) is 8.78 Å². The summed E-state index contributed by atoms with van der Waals surface area (Å²) < 4.78 is 26.9. The predicted octanol–water partition coefficient (Wildman–Crippen LogP) is 4.23. The number of halogens is 3. The highest BCUT2D eigenvalue weighted by Crippen LogP contribution is 2.33. The number of hydrogen-bond donors (Lipinski definition) is 1. The van der Waals surface area contributed by atoms with Crippen molar-refractivity contribution in [2.24, 2.45) is 0 Å². The molecule has 0 aliphatic carbocycles. The number of aromatic amines is 1. The summed E-state index contributed by atoms with van der Waals surface area (Å²) in [5.74, 6) is -1.02. The Labute approximate surface area is 127 Å². The van der Waals surface area contributed by atoms with Crippen LogP contribution in [-0.4, -0.2) is 9.97 Å². The highest BCUT2D eigenvalue weighted by molar-refractivity contribution is 7.17. The van der Waals surface area contributed by atoms with Crippen LogP contribution in [-0.2, 0) is 0 Å². The molecule has 0 saturated carbocycles. The molecule has 0 bridgehead atoms. The van der Waals surface area contributed by atoms with Gasteiger partial charge in [-0.1, -0.05) is 0 Å². The Hall–Kier alpha value is -1.79. The maximum atomic E-state index is 13.9. The number of fused-ring (bicyclic) bond motifs is 1. The molecule has 0 radical (unpaired) electrons. The zero-order chi connectivity index (χ0) is 15.1. The quantitative estimate of drug-likeness (QED) is 0.716. The zero-order valence-electron chi connectivity index (χ0n) is 10.8. The lowest BCUT2D eigenvalue weighted by molar-refractivity contribution is 0.586. The molecular formula is C14H9ClF2N2OS. The molecule has 0 aliphatic heterocycles. The minimum absolute atomic E-state index is 0.168. The van der Waals surface area contributed by atoms with Gasteiger partial charge in [0.2, 0.25) is 0 Å². The van der Waals surface area contributed by atoms with Gasteiger partial charge in [-0.25, -0.2) is 13.8 Å². The summed E-state index contributed by atoms with van der Waals surface area (Å²) >= 11 is 7.13. The van der Waals surface area contributed by atoms with Crippen molar-refractivity contribution in [1.82, 2.24) is 9.97 Å². The maximum Gasteiger partial charge on any atom is 0.260 e. The van der Waals surface area contributed by atoms with Gasteiger partial charge in [0.1, 0.15) is 22.3 Å². The monoisotopic (exact) mass is 326 g/mol. The van der Waals surface area contributed by atoms with E-state index < -0.39 is 17.0 Å². The van der Waals surface area contributed by atoms with Crippen molar-refractivity contribution in [3.05, 3.63) is 51.4 Å². The van der Waals surface area contributed by atoms with Gasteiger partial charge in [0.15, 0.2) is 0 Å².